The minimum Gasteiger partial charge on any atom is -0.478 e. The molecule has 0 bridgehead atoms. The summed E-state index contributed by atoms with van der Waals surface area (Å²) in [7, 11) is 0. The van der Waals surface area contributed by atoms with Crippen molar-refractivity contribution in [1.82, 2.24) is 4.90 Å². The van der Waals surface area contributed by atoms with Gasteiger partial charge >= 0.3 is 11.9 Å². The highest BCUT2D eigenvalue weighted by Gasteiger charge is 2.14. The molecule has 136 valence electrons. The predicted molar refractivity (Wildman–Crippen MR) is 99.9 cm³/mol. The fourth-order valence-electron chi connectivity index (χ4n) is 2.88. The van der Waals surface area contributed by atoms with Crippen LogP contribution in [-0.4, -0.2) is 33.6 Å². The lowest BCUT2D eigenvalue weighted by Crippen LogP contribution is -2.25. The zero-order valence-electron chi connectivity index (χ0n) is 14.8. The van der Waals surface area contributed by atoms with Crippen molar-refractivity contribution in [3.05, 3.63) is 82.9 Å². The second-order valence-electron chi connectivity index (χ2n) is 6.03. The lowest BCUT2D eigenvalue weighted by Gasteiger charge is -2.26. The van der Waals surface area contributed by atoms with E-state index < -0.39 is 11.9 Å². The van der Waals surface area contributed by atoms with Crippen molar-refractivity contribution >= 4 is 11.9 Å². The molecule has 0 atom stereocenters. The van der Waals surface area contributed by atoms with Crippen LogP contribution in [0.15, 0.2) is 60.7 Å². The van der Waals surface area contributed by atoms with Crippen LogP contribution in [0.1, 0.15) is 29.2 Å². The quantitative estimate of drug-likeness (QED) is 0.828. The summed E-state index contributed by atoms with van der Waals surface area (Å²) in [5.41, 5.74) is 5.91. The maximum absolute atomic E-state index is 9.55. The van der Waals surface area contributed by atoms with Gasteiger partial charge in [0.1, 0.15) is 0 Å². The van der Waals surface area contributed by atoms with Gasteiger partial charge in [-0.25, -0.2) is 9.59 Å². The predicted octanol–water partition coefficient (Wildman–Crippen LogP) is 3.32. The third kappa shape index (κ3) is 5.86. The number of hydrogen-bond donors (Lipinski definition) is 2. The Hall–Kier alpha value is -2.92. The molecule has 1 heterocycles. The third-order valence-corrected chi connectivity index (χ3v) is 4.22. The molecule has 0 amide bonds. The van der Waals surface area contributed by atoms with Gasteiger partial charge in [0.15, 0.2) is 0 Å². The van der Waals surface area contributed by atoms with Gasteiger partial charge in [-0.3, -0.25) is 4.90 Å². The average molecular weight is 353 g/mol. The van der Waals surface area contributed by atoms with Crippen molar-refractivity contribution in [3.63, 3.8) is 0 Å². The Morgan fingerprint density at radius 2 is 1.23 bits per heavy atom. The summed E-state index contributed by atoms with van der Waals surface area (Å²) in [6.45, 7) is 5.48. The fourth-order valence-corrected chi connectivity index (χ4v) is 2.88. The molecule has 2 aromatic rings. The summed E-state index contributed by atoms with van der Waals surface area (Å²) >= 11 is 0. The van der Waals surface area contributed by atoms with Crippen molar-refractivity contribution in [2.75, 3.05) is 6.54 Å². The van der Waals surface area contributed by atoms with Crippen LogP contribution < -0.4 is 0 Å². The normalized spacial score (nSPS) is 13.6. The topological polar surface area (TPSA) is 77.8 Å². The van der Waals surface area contributed by atoms with Crippen molar-refractivity contribution in [2.24, 2.45) is 0 Å². The Balaban J connectivity index is 0.000000260. The number of carbonyl (C=O) groups is 2. The minimum atomic E-state index is -1.26. The number of carboxylic acids is 2. The van der Waals surface area contributed by atoms with Gasteiger partial charge in [0, 0.05) is 25.2 Å². The molecule has 2 aromatic carbocycles. The van der Waals surface area contributed by atoms with E-state index in [1.54, 1.807) is 0 Å². The van der Waals surface area contributed by atoms with Gasteiger partial charge in [0.2, 0.25) is 0 Å². The number of benzene rings is 2. The Kier molecular flexibility index (Phi) is 7.12. The Morgan fingerprint density at radius 1 is 0.846 bits per heavy atom. The molecular weight excluding hydrogens is 330 g/mol. The molecule has 0 unspecified atom stereocenters. The zero-order chi connectivity index (χ0) is 18.9. The molecule has 5 heteroatoms. The molecule has 1 aliphatic rings. The summed E-state index contributed by atoms with van der Waals surface area (Å²) < 4.78 is 0. The first-order valence-corrected chi connectivity index (χ1v) is 8.49. The van der Waals surface area contributed by atoms with Gasteiger partial charge in [0.05, 0.1) is 0 Å². The van der Waals surface area contributed by atoms with E-state index in [9.17, 15) is 9.59 Å². The fraction of sp³-hybridized carbons (Fsp3) is 0.238. The molecule has 0 radical (unpaired) electrons. The Labute approximate surface area is 153 Å². The summed E-state index contributed by atoms with van der Waals surface area (Å²) in [5, 5.41) is 15.6. The first-order chi connectivity index (χ1) is 12.5. The maximum Gasteiger partial charge on any atom is 0.328 e. The average Bonchev–Trinajstić information content (AvgIpc) is 2.61. The van der Waals surface area contributed by atoms with E-state index in [1.807, 2.05) is 0 Å². The number of hydrogen-bond acceptors (Lipinski definition) is 3. The van der Waals surface area contributed by atoms with E-state index >= 15 is 0 Å². The van der Waals surface area contributed by atoms with E-state index in [4.69, 9.17) is 10.2 Å². The molecule has 0 fully saturated rings. The lowest BCUT2D eigenvalue weighted by molar-refractivity contribution is -0.134. The molecule has 0 saturated carbocycles. The van der Waals surface area contributed by atoms with Gasteiger partial charge in [-0.2, -0.15) is 0 Å². The van der Waals surface area contributed by atoms with Gasteiger partial charge in [-0.15, -0.1) is 0 Å². The zero-order valence-corrected chi connectivity index (χ0v) is 14.8. The van der Waals surface area contributed by atoms with Gasteiger partial charge < -0.3 is 10.2 Å². The first kappa shape index (κ1) is 19.4. The molecule has 0 aliphatic carbocycles. The van der Waals surface area contributed by atoms with E-state index in [0.29, 0.717) is 12.2 Å². The highest BCUT2D eigenvalue weighted by Crippen LogP contribution is 2.23. The SMILES string of the molecule is CCN1Cc2ccccc2Cc2ccccc2C1.O=C(O)/C=C\C(=O)O. The number of rotatable bonds is 3. The van der Waals surface area contributed by atoms with E-state index in [0.717, 1.165) is 26.1 Å². The molecule has 0 saturated heterocycles. The summed E-state index contributed by atoms with van der Waals surface area (Å²) in [4.78, 5) is 21.6. The molecule has 1 aliphatic heterocycles. The standard InChI is InChI=1S/C17H19N.C4H4O4/c1-2-18-12-16-9-5-3-7-14(16)11-15-8-4-6-10-17(15)13-18;5-3(6)1-2-4(7)8/h3-10H,2,11-13H2,1H3;1-2H,(H,5,6)(H,7,8)/b;2-1-. The van der Waals surface area contributed by atoms with Crippen LogP contribution in [0.4, 0.5) is 0 Å². The number of fused-ring (bicyclic) bond motifs is 2. The largest absolute Gasteiger partial charge is 0.478 e. The molecule has 3 rings (SSSR count). The molecule has 26 heavy (non-hydrogen) atoms. The van der Waals surface area contributed by atoms with Crippen molar-refractivity contribution in [1.29, 1.82) is 0 Å². The van der Waals surface area contributed by atoms with Crippen LogP contribution in [0.25, 0.3) is 0 Å². The second kappa shape index (κ2) is 9.53. The van der Waals surface area contributed by atoms with Crippen LogP contribution >= 0.6 is 0 Å². The number of aliphatic carboxylic acids is 2. The highest BCUT2D eigenvalue weighted by molar-refractivity contribution is 5.89. The van der Waals surface area contributed by atoms with Gasteiger partial charge in [-0.05, 0) is 35.2 Å². The molecule has 0 aromatic heterocycles. The van der Waals surface area contributed by atoms with Crippen molar-refractivity contribution in [2.45, 2.75) is 26.4 Å². The molecule has 0 spiro atoms. The van der Waals surface area contributed by atoms with Crippen LogP contribution in [0, 0.1) is 0 Å². The van der Waals surface area contributed by atoms with Crippen LogP contribution in [0.2, 0.25) is 0 Å². The first-order valence-electron chi connectivity index (χ1n) is 8.49. The van der Waals surface area contributed by atoms with Crippen molar-refractivity contribution < 1.29 is 19.8 Å². The number of nitrogens with zero attached hydrogens (tertiary/aromatic N) is 1. The summed E-state index contributed by atoms with van der Waals surface area (Å²) in [6.07, 6.45) is 2.19. The molecule has 2 N–H and O–H groups in total. The lowest BCUT2D eigenvalue weighted by atomic mass is 9.94. The third-order valence-electron chi connectivity index (χ3n) is 4.22. The minimum absolute atomic E-state index is 0.558. The number of carboxylic acid groups (broad SMARTS) is 2. The van der Waals surface area contributed by atoms with E-state index in [2.05, 4.69) is 60.4 Å². The summed E-state index contributed by atoms with van der Waals surface area (Å²) in [5.74, 6) is -2.51. The molecular formula is C21H23NO4. The maximum atomic E-state index is 9.55. The van der Waals surface area contributed by atoms with Crippen LogP contribution in [0.3, 0.4) is 0 Å². The van der Waals surface area contributed by atoms with Gasteiger partial charge in [-0.1, -0.05) is 55.5 Å². The van der Waals surface area contributed by atoms with Crippen LogP contribution in [-0.2, 0) is 29.1 Å². The monoisotopic (exact) mass is 353 g/mol. The van der Waals surface area contributed by atoms with E-state index in [-0.39, 0.29) is 0 Å². The second-order valence-corrected chi connectivity index (χ2v) is 6.03. The van der Waals surface area contributed by atoms with Gasteiger partial charge in [0.25, 0.3) is 0 Å². The van der Waals surface area contributed by atoms with Crippen molar-refractivity contribution in [3.8, 4) is 0 Å². The van der Waals surface area contributed by atoms with Crippen LogP contribution in [0.5, 0.6) is 0 Å². The van der Waals surface area contributed by atoms with E-state index in [1.165, 1.54) is 22.3 Å². The Morgan fingerprint density at radius 3 is 1.58 bits per heavy atom. The summed E-state index contributed by atoms with van der Waals surface area (Å²) in [6, 6.07) is 17.7. The highest BCUT2D eigenvalue weighted by atomic mass is 16.4. The Bertz CT molecular complexity index is 735. The smallest absolute Gasteiger partial charge is 0.328 e. The molecule has 5 nitrogen and oxygen atoms in total.